The van der Waals surface area contributed by atoms with Gasteiger partial charge < -0.3 is 9.80 Å². The third-order valence-electron chi connectivity index (χ3n) is 7.12. The van der Waals surface area contributed by atoms with Crippen LogP contribution in [0.4, 0.5) is 0 Å². The van der Waals surface area contributed by atoms with E-state index >= 15 is 0 Å². The van der Waals surface area contributed by atoms with Crippen LogP contribution in [0.15, 0.2) is 0 Å². The number of halogens is 1. The van der Waals surface area contributed by atoms with Gasteiger partial charge in [-0.15, -0.1) is 0 Å². The Morgan fingerprint density at radius 3 is 2.52 bits per heavy atom. The fourth-order valence-corrected chi connectivity index (χ4v) is 8.09. The van der Waals surface area contributed by atoms with Crippen molar-refractivity contribution < 1.29 is 4.79 Å². The molecule has 5 rings (SSSR count). The number of likely N-dealkylation sites (tertiary alicyclic amines) is 1. The van der Waals surface area contributed by atoms with E-state index in [-0.39, 0.29) is 0 Å². The first-order chi connectivity index (χ1) is 10.9. The minimum absolute atomic E-state index is 0.315. The summed E-state index contributed by atoms with van der Waals surface area (Å²) in [5.74, 6) is 2.19. The molecule has 4 heteroatoms. The van der Waals surface area contributed by atoms with E-state index in [9.17, 15) is 4.79 Å². The summed E-state index contributed by atoms with van der Waals surface area (Å²) in [5, 5.41) is 0. The van der Waals surface area contributed by atoms with Crippen molar-refractivity contribution in [2.75, 3.05) is 27.2 Å². The zero-order valence-corrected chi connectivity index (χ0v) is 16.3. The minimum Gasteiger partial charge on any atom is -0.341 e. The van der Waals surface area contributed by atoms with Crippen LogP contribution in [-0.4, -0.2) is 53.3 Å². The van der Waals surface area contributed by atoms with Crippen molar-refractivity contribution >= 4 is 21.8 Å². The lowest BCUT2D eigenvalue weighted by Gasteiger charge is -2.60. The van der Waals surface area contributed by atoms with Gasteiger partial charge in [-0.05, 0) is 82.7 Å². The smallest absolute Gasteiger partial charge is 0.223 e. The summed E-state index contributed by atoms with van der Waals surface area (Å²) in [4.78, 5) is 17.5. The van der Waals surface area contributed by atoms with Crippen LogP contribution in [0.1, 0.15) is 57.8 Å². The Kier molecular flexibility index (Phi) is 4.08. The Hall–Kier alpha value is -0.0900. The number of piperidine rings is 1. The number of nitrogens with zero attached hydrogens (tertiary/aromatic N) is 2. The molecule has 3 unspecified atom stereocenters. The maximum absolute atomic E-state index is 13.0. The predicted octanol–water partition coefficient (Wildman–Crippen LogP) is 3.66. The lowest BCUT2D eigenvalue weighted by atomic mass is 9.48. The monoisotopic (exact) mass is 382 g/mol. The number of carbonyl (C=O) groups is 1. The highest BCUT2D eigenvalue weighted by Gasteiger charge is 2.57. The van der Waals surface area contributed by atoms with Gasteiger partial charge in [-0.2, -0.15) is 0 Å². The van der Waals surface area contributed by atoms with Gasteiger partial charge in [-0.1, -0.05) is 15.9 Å². The van der Waals surface area contributed by atoms with Crippen LogP contribution in [0.5, 0.6) is 0 Å². The van der Waals surface area contributed by atoms with Crippen LogP contribution in [-0.2, 0) is 4.79 Å². The number of carbonyl (C=O) groups excluding carboxylic acids is 1. The normalized spacial score (nSPS) is 45.7. The van der Waals surface area contributed by atoms with Crippen molar-refractivity contribution in [3.05, 3.63) is 0 Å². The van der Waals surface area contributed by atoms with E-state index in [2.05, 4.69) is 39.8 Å². The van der Waals surface area contributed by atoms with Gasteiger partial charge in [0, 0.05) is 29.9 Å². The molecule has 23 heavy (non-hydrogen) atoms. The lowest BCUT2D eigenvalue weighted by molar-refractivity contribution is -0.140. The quantitative estimate of drug-likeness (QED) is 0.695. The van der Waals surface area contributed by atoms with Crippen LogP contribution in [0, 0.1) is 17.3 Å². The molecule has 0 N–H and O–H groups in total. The number of likely N-dealkylation sites (N-methyl/N-ethyl adjacent to an activating group) is 1. The molecule has 0 aromatic rings. The molecule has 4 bridgehead atoms. The van der Waals surface area contributed by atoms with Crippen LogP contribution < -0.4 is 0 Å². The second-order valence-corrected chi connectivity index (χ2v) is 11.1. The van der Waals surface area contributed by atoms with Crippen LogP contribution in [0.25, 0.3) is 0 Å². The van der Waals surface area contributed by atoms with Gasteiger partial charge in [-0.3, -0.25) is 4.79 Å². The molecular formula is C19H31BrN2O. The van der Waals surface area contributed by atoms with Gasteiger partial charge in [0.25, 0.3) is 0 Å². The van der Waals surface area contributed by atoms with Crippen LogP contribution >= 0.6 is 15.9 Å². The fraction of sp³-hybridized carbons (Fsp3) is 0.947. The number of hydrogen-bond donors (Lipinski definition) is 0. The molecule has 0 spiro atoms. The SMILES string of the molecule is CN(C)C1CCCN(C(=O)CC23CC4CC(CC(Br)(C4)C2)C3)C1. The van der Waals surface area contributed by atoms with E-state index in [0.717, 1.165) is 37.8 Å². The summed E-state index contributed by atoms with van der Waals surface area (Å²) in [6.07, 6.45) is 11.2. The third kappa shape index (κ3) is 3.10. The zero-order valence-electron chi connectivity index (χ0n) is 14.7. The lowest BCUT2D eigenvalue weighted by Crippen LogP contribution is -2.55. The number of hydrogen-bond acceptors (Lipinski definition) is 2. The van der Waals surface area contributed by atoms with E-state index < -0.39 is 0 Å². The van der Waals surface area contributed by atoms with E-state index in [0.29, 0.717) is 21.7 Å². The number of alkyl halides is 1. The average molecular weight is 383 g/mol. The third-order valence-corrected chi connectivity index (χ3v) is 8.04. The van der Waals surface area contributed by atoms with Crippen molar-refractivity contribution in [3.63, 3.8) is 0 Å². The molecule has 1 aliphatic heterocycles. The molecule has 5 fully saturated rings. The topological polar surface area (TPSA) is 23.6 Å². The number of amides is 1. The molecule has 3 nitrogen and oxygen atoms in total. The summed E-state index contributed by atoms with van der Waals surface area (Å²) in [6, 6.07) is 0.548. The molecule has 130 valence electrons. The highest BCUT2D eigenvalue weighted by molar-refractivity contribution is 9.10. The van der Waals surface area contributed by atoms with Gasteiger partial charge in [0.05, 0.1) is 0 Å². The molecule has 4 aliphatic carbocycles. The minimum atomic E-state index is 0.315. The molecule has 0 aromatic heterocycles. The second-order valence-electron chi connectivity index (χ2n) is 9.39. The Labute approximate surface area is 149 Å². The highest BCUT2D eigenvalue weighted by Crippen LogP contribution is 2.65. The standard InChI is InChI=1S/C19H31BrN2O/c1-21(2)16-4-3-5-22(12-16)17(23)11-18-7-14-6-15(8-18)10-19(20,9-14)13-18/h14-16H,3-13H2,1-2H3. The van der Waals surface area contributed by atoms with E-state index in [1.165, 1.54) is 44.9 Å². The number of rotatable bonds is 3. The molecule has 1 amide bonds. The summed E-state index contributed by atoms with van der Waals surface area (Å²) in [7, 11) is 4.29. The largest absolute Gasteiger partial charge is 0.341 e. The van der Waals surface area contributed by atoms with Gasteiger partial charge in [0.1, 0.15) is 0 Å². The molecule has 5 aliphatic rings. The second kappa shape index (κ2) is 5.72. The van der Waals surface area contributed by atoms with Crippen LogP contribution in [0.3, 0.4) is 0 Å². The maximum Gasteiger partial charge on any atom is 0.223 e. The van der Waals surface area contributed by atoms with Crippen molar-refractivity contribution in [3.8, 4) is 0 Å². The highest BCUT2D eigenvalue weighted by atomic mass is 79.9. The van der Waals surface area contributed by atoms with Crippen molar-refractivity contribution in [1.82, 2.24) is 9.80 Å². The summed E-state index contributed by atoms with van der Waals surface area (Å²) in [5.41, 5.74) is 0.315. The van der Waals surface area contributed by atoms with Gasteiger partial charge in [-0.25, -0.2) is 0 Å². The van der Waals surface area contributed by atoms with Gasteiger partial charge >= 0.3 is 0 Å². The summed E-state index contributed by atoms with van der Waals surface area (Å²) >= 11 is 4.08. The molecule has 3 atom stereocenters. The molecule has 1 saturated heterocycles. The van der Waals surface area contributed by atoms with Crippen molar-refractivity contribution in [1.29, 1.82) is 0 Å². The molecule has 0 radical (unpaired) electrons. The Balaban J connectivity index is 1.44. The first-order valence-electron chi connectivity index (χ1n) is 9.50. The Bertz CT molecular complexity index is 478. The average Bonchev–Trinajstić information content (AvgIpc) is 2.44. The van der Waals surface area contributed by atoms with Crippen molar-refractivity contribution in [2.45, 2.75) is 68.2 Å². The molecule has 4 saturated carbocycles. The molecular weight excluding hydrogens is 352 g/mol. The Morgan fingerprint density at radius 1 is 1.22 bits per heavy atom. The summed E-state index contributed by atoms with van der Waals surface area (Å²) < 4.78 is 0.367. The van der Waals surface area contributed by atoms with Gasteiger partial charge in [0.15, 0.2) is 0 Å². The van der Waals surface area contributed by atoms with E-state index in [1.807, 2.05) is 0 Å². The predicted molar refractivity (Wildman–Crippen MR) is 96.7 cm³/mol. The van der Waals surface area contributed by atoms with E-state index in [4.69, 9.17) is 0 Å². The van der Waals surface area contributed by atoms with E-state index in [1.54, 1.807) is 0 Å². The fourth-order valence-electron chi connectivity index (χ4n) is 6.58. The maximum atomic E-state index is 13.0. The molecule has 0 aromatic carbocycles. The van der Waals surface area contributed by atoms with Crippen LogP contribution in [0.2, 0.25) is 0 Å². The Morgan fingerprint density at radius 2 is 1.91 bits per heavy atom. The summed E-state index contributed by atoms with van der Waals surface area (Å²) in [6.45, 7) is 1.92. The zero-order chi connectivity index (χ0) is 16.2. The first-order valence-corrected chi connectivity index (χ1v) is 10.3. The van der Waals surface area contributed by atoms with Crippen molar-refractivity contribution in [2.24, 2.45) is 17.3 Å². The first kappa shape index (κ1) is 16.4. The molecule has 1 heterocycles. The van der Waals surface area contributed by atoms with Gasteiger partial charge in [0.2, 0.25) is 5.91 Å².